The van der Waals surface area contributed by atoms with Crippen molar-refractivity contribution >= 4 is 22.9 Å². The third-order valence-corrected chi connectivity index (χ3v) is 3.04. The van der Waals surface area contributed by atoms with Crippen LogP contribution in [-0.4, -0.2) is 26.1 Å². The SMILES string of the molecule is CCn1nccc1/N=C/c1c(O)[nH]c2ccccc12. The number of H-pyrrole nitrogens is 1. The molecular weight excluding hydrogens is 240 g/mol. The summed E-state index contributed by atoms with van der Waals surface area (Å²) in [5, 5.41) is 15.0. The predicted octanol–water partition coefficient (Wildman–Crippen LogP) is 2.84. The molecule has 0 amide bonds. The number of nitrogens with one attached hydrogen (secondary N) is 1. The van der Waals surface area contributed by atoms with Crippen molar-refractivity contribution in [1.29, 1.82) is 0 Å². The first-order valence-corrected chi connectivity index (χ1v) is 6.15. The quantitative estimate of drug-likeness (QED) is 0.706. The normalized spacial score (nSPS) is 11.6. The molecule has 3 aromatic rings. The van der Waals surface area contributed by atoms with E-state index in [0.29, 0.717) is 5.56 Å². The van der Waals surface area contributed by atoms with Gasteiger partial charge in [-0.15, -0.1) is 0 Å². The van der Waals surface area contributed by atoms with Gasteiger partial charge in [-0.1, -0.05) is 18.2 Å². The fourth-order valence-corrected chi connectivity index (χ4v) is 2.09. The molecule has 0 unspecified atom stereocenters. The largest absolute Gasteiger partial charge is 0.494 e. The number of aromatic amines is 1. The summed E-state index contributed by atoms with van der Waals surface area (Å²) < 4.78 is 1.79. The third kappa shape index (κ3) is 1.99. The molecule has 0 saturated carbocycles. The fraction of sp³-hybridized carbons (Fsp3) is 0.143. The molecule has 0 atom stereocenters. The van der Waals surface area contributed by atoms with Gasteiger partial charge in [0.1, 0.15) is 5.82 Å². The number of rotatable bonds is 3. The molecule has 0 radical (unpaired) electrons. The minimum absolute atomic E-state index is 0.132. The Morgan fingerprint density at radius 3 is 3.05 bits per heavy atom. The van der Waals surface area contributed by atoms with E-state index >= 15 is 0 Å². The first-order valence-electron chi connectivity index (χ1n) is 6.15. The lowest BCUT2D eigenvalue weighted by atomic mass is 10.2. The minimum atomic E-state index is 0.132. The number of aliphatic imine (C=N–C) groups is 1. The summed E-state index contributed by atoms with van der Waals surface area (Å²) in [5.41, 5.74) is 1.59. The standard InChI is InChI=1S/C14H14N4O/c1-2-18-13(7-8-16-18)15-9-11-10-5-3-4-6-12(10)17-14(11)19/h3-9,17,19H,2H2,1H3/b15-9+. The molecule has 19 heavy (non-hydrogen) atoms. The maximum atomic E-state index is 9.92. The number of aromatic nitrogens is 3. The van der Waals surface area contributed by atoms with Gasteiger partial charge in [-0.2, -0.15) is 5.10 Å². The second kappa shape index (κ2) is 4.61. The Kier molecular flexibility index (Phi) is 2.79. The lowest BCUT2D eigenvalue weighted by Crippen LogP contribution is -1.94. The van der Waals surface area contributed by atoms with E-state index in [0.717, 1.165) is 23.3 Å². The highest BCUT2D eigenvalue weighted by molar-refractivity contribution is 6.02. The maximum Gasteiger partial charge on any atom is 0.198 e. The summed E-state index contributed by atoms with van der Waals surface area (Å²) in [4.78, 5) is 7.31. The summed E-state index contributed by atoms with van der Waals surface area (Å²) in [6, 6.07) is 9.56. The van der Waals surface area contributed by atoms with Crippen LogP contribution in [0.5, 0.6) is 5.88 Å². The Hall–Kier alpha value is -2.56. The zero-order valence-corrected chi connectivity index (χ0v) is 10.5. The van der Waals surface area contributed by atoms with E-state index in [9.17, 15) is 5.11 Å². The van der Waals surface area contributed by atoms with Crippen molar-refractivity contribution in [2.75, 3.05) is 0 Å². The van der Waals surface area contributed by atoms with Crippen molar-refractivity contribution in [1.82, 2.24) is 14.8 Å². The molecule has 0 saturated heterocycles. The van der Waals surface area contributed by atoms with E-state index in [4.69, 9.17) is 0 Å². The van der Waals surface area contributed by atoms with Crippen LogP contribution in [0.1, 0.15) is 12.5 Å². The van der Waals surface area contributed by atoms with E-state index in [1.54, 1.807) is 17.1 Å². The third-order valence-electron chi connectivity index (χ3n) is 3.04. The molecule has 0 aliphatic heterocycles. The van der Waals surface area contributed by atoms with Gasteiger partial charge in [-0.3, -0.25) is 0 Å². The van der Waals surface area contributed by atoms with Gasteiger partial charge in [0.15, 0.2) is 5.88 Å². The Morgan fingerprint density at radius 2 is 2.21 bits per heavy atom. The number of hydrogen-bond acceptors (Lipinski definition) is 3. The topological polar surface area (TPSA) is 66.2 Å². The maximum absolute atomic E-state index is 9.92. The lowest BCUT2D eigenvalue weighted by molar-refractivity contribution is 0.457. The van der Waals surface area contributed by atoms with Crippen LogP contribution >= 0.6 is 0 Å². The molecule has 96 valence electrons. The molecule has 3 rings (SSSR count). The zero-order valence-electron chi connectivity index (χ0n) is 10.5. The fourth-order valence-electron chi connectivity index (χ4n) is 2.09. The summed E-state index contributed by atoms with van der Waals surface area (Å²) in [7, 11) is 0. The van der Waals surface area contributed by atoms with Gasteiger partial charge in [-0.05, 0) is 13.0 Å². The van der Waals surface area contributed by atoms with Crippen LogP contribution in [0.4, 0.5) is 5.82 Å². The minimum Gasteiger partial charge on any atom is -0.494 e. The van der Waals surface area contributed by atoms with Crippen LogP contribution in [-0.2, 0) is 6.54 Å². The monoisotopic (exact) mass is 254 g/mol. The molecule has 0 bridgehead atoms. The summed E-state index contributed by atoms with van der Waals surface area (Å²) in [5.74, 6) is 0.902. The van der Waals surface area contributed by atoms with Gasteiger partial charge in [0.2, 0.25) is 0 Å². The number of hydrogen-bond donors (Lipinski definition) is 2. The van der Waals surface area contributed by atoms with E-state index in [1.807, 2.05) is 37.3 Å². The number of aromatic hydroxyl groups is 1. The smallest absolute Gasteiger partial charge is 0.198 e. The molecule has 1 aromatic carbocycles. The lowest BCUT2D eigenvalue weighted by Gasteiger charge is -1.98. The van der Waals surface area contributed by atoms with Gasteiger partial charge >= 0.3 is 0 Å². The van der Waals surface area contributed by atoms with Crippen LogP contribution < -0.4 is 0 Å². The van der Waals surface area contributed by atoms with Gasteiger partial charge < -0.3 is 10.1 Å². The molecule has 2 aromatic heterocycles. The molecular formula is C14H14N4O. The molecule has 0 aliphatic carbocycles. The predicted molar refractivity (Wildman–Crippen MR) is 75.1 cm³/mol. The Morgan fingerprint density at radius 1 is 1.37 bits per heavy atom. The van der Waals surface area contributed by atoms with Crippen molar-refractivity contribution in [3.05, 3.63) is 42.1 Å². The number of para-hydroxylation sites is 1. The average Bonchev–Trinajstić information content (AvgIpc) is 2.99. The van der Waals surface area contributed by atoms with Crippen molar-refractivity contribution < 1.29 is 5.11 Å². The van der Waals surface area contributed by atoms with Gasteiger partial charge in [0.25, 0.3) is 0 Å². The van der Waals surface area contributed by atoms with Crippen molar-refractivity contribution in [2.45, 2.75) is 13.5 Å². The highest BCUT2D eigenvalue weighted by atomic mass is 16.3. The first kappa shape index (κ1) is 11.5. The van der Waals surface area contributed by atoms with E-state index < -0.39 is 0 Å². The van der Waals surface area contributed by atoms with Gasteiger partial charge in [0, 0.05) is 29.7 Å². The van der Waals surface area contributed by atoms with Crippen LogP contribution in [0.3, 0.4) is 0 Å². The van der Waals surface area contributed by atoms with Gasteiger partial charge in [-0.25, -0.2) is 9.67 Å². The highest BCUT2D eigenvalue weighted by Crippen LogP contribution is 2.25. The molecule has 2 N–H and O–H groups in total. The van der Waals surface area contributed by atoms with Gasteiger partial charge in [0.05, 0.1) is 11.8 Å². The second-order valence-electron chi connectivity index (χ2n) is 4.20. The Bertz CT molecular complexity index is 739. The van der Waals surface area contributed by atoms with E-state index in [-0.39, 0.29) is 5.88 Å². The summed E-state index contributed by atoms with van der Waals surface area (Å²) in [6.45, 7) is 2.77. The first-order chi connectivity index (χ1) is 9.29. The van der Waals surface area contributed by atoms with Crippen LogP contribution in [0, 0.1) is 0 Å². The number of fused-ring (bicyclic) bond motifs is 1. The van der Waals surface area contributed by atoms with Crippen LogP contribution in [0.15, 0.2) is 41.5 Å². The molecule has 2 heterocycles. The number of nitrogens with zero attached hydrogens (tertiary/aromatic N) is 3. The Balaban J connectivity index is 2.04. The van der Waals surface area contributed by atoms with Crippen LogP contribution in [0.2, 0.25) is 0 Å². The molecule has 5 nitrogen and oxygen atoms in total. The Labute approximate surface area is 110 Å². The molecule has 0 aliphatic rings. The number of benzene rings is 1. The zero-order chi connectivity index (χ0) is 13.2. The van der Waals surface area contributed by atoms with Crippen molar-refractivity contribution in [3.8, 4) is 5.88 Å². The van der Waals surface area contributed by atoms with Crippen molar-refractivity contribution in [3.63, 3.8) is 0 Å². The second-order valence-corrected chi connectivity index (χ2v) is 4.20. The molecule has 0 spiro atoms. The highest BCUT2D eigenvalue weighted by Gasteiger charge is 2.08. The van der Waals surface area contributed by atoms with E-state index in [2.05, 4.69) is 15.1 Å². The van der Waals surface area contributed by atoms with E-state index in [1.165, 1.54) is 0 Å². The summed E-state index contributed by atoms with van der Waals surface area (Å²) in [6.07, 6.45) is 3.38. The van der Waals surface area contributed by atoms with Crippen LogP contribution in [0.25, 0.3) is 10.9 Å². The van der Waals surface area contributed by atoms with Crippen molar-refractivity contribution in [2.24, 2.45) is 4.99 Å². The average molecular weight is 254 g/mol. The molecule has 5 heteroatoms. The summed E-state index contributed by atoms with van der Waals surface area (Å²) >= 11 is 0. The molecule has 0 fully saturated rings. The number of aryl methyl sites for hydroxylation is 1.